The Balaban J connectivity index is 0.632. The van der Waals surface area contributed by atoms with Gasteiger partial charge in [0.05, 0.1) is 65.3 Å². The summed E-state index contributed by atoms with van der Waals surface area (Å²) in [6, 6.07) is 108. The van der Waals surface area contributed by atoms with Crippen molar-refractivity contribution in [1.29, 1.82) is 0 Å². The molecule has 0 radical (unpaired) electrons. The van der Waals surface area contributed by atoms with Gasteiger partial charge in [0.1, 0.15) is 0 Å². The van der Waals surface area contributed by atoms with Gasteiger partial charge in [-0.25, -0.2) is 19.9 Å². The Bertz CT molecular complexity index is 7390. The van der Waals surface area contributed by atoms with Crippen molar-refractivity contribution < 1.29 is 4.42 Å². The van der Waals surface area contributed by atoms with Crippen molar-refractivity contribution in [1.82, 2.24) is 33.6 Å². The topological polar surface area (TPSA) is 79.5 Å². The van der Waals surface area contributed by atoms with E-state index in [0.29, 0.717) is 11.6 Å². The summed E-state index contributed by atoms with van der Waals surface area (Å²) in [6.07, 6.45) is 0. The Hall–Kier alpha value is -12.9. The first-order valence-electron chi connectivity index (χ1n) is 36.3. The number of nitrogens with zero attached hydrogens (tertiary/aromatic N) is 7. The molecule has 0 spiro atoms. The monoisotopic (exact) mass is 1390 g/mol. The van der Waals surface area contributed by atoms with Crippen LogP contribution in [0.1, 0.15) is 49.9 Å². The Kier molecular flexibility index (Phi) is 12.3. The van der Waals surface area contributed by atoms with Crippen LogP contribution in [0, 0.1) is 0 Å². The molecule has 8 nitrogen and oxygen atoms in total. The van der Waals surface area contributed by atoms with Crippen molar-refractivity contribution in [3.63, 3.8) is 0 Å². The van der Waals surface area contributed by atoms with Crippen LogP contribution in [0.25, 0.3) is 202 Å². The minimum atomic E-state index is -0.273. The van der Waals surface area contributed by atoms with Gasteiger partial charge in [-0.05, 0) is 106 Å². The molecule has 13 aromatic carbocycles. The number of furan rings is 1. The summed E-state index contributed by atoms with van der Waals surface area (Å²) in [5, 5.41) is 9.17. The summed E-state index contributed by atoms with van der Waals surface area (Å²) in [7, 11) is 0. The Morgan fingerprint density at radius 1 is 0.292 bits per heavy atom. The number of hydrogen-bond acceptors (Lipinski definition) is 7. The standard InChI is InChI=1S/C96H61N7OS2/c1-95(2)73-36-16-11-31-63(73)83-79(95)69-47-49-71-86(101(60-27-9-6-10-28-60)88-67-35-15-20-40-77(67)105-91(71)88)85(69)102(83)61-29-21-25-58(51-61)94-98-76-39-19-14-34-66(76)82(100-94)56-43-41-54(42-44-56)57-45-46-68-78(53-57)106-92-72-50-48-70-80-84(64-32-12-17-37-74(64)96(80,3)4)103(87(70)89(72)104-90(68)92)62-30-22-26-59(52-62)93-97-75-38-18-13-33-65(75)81(99-93)55-23-7-5-8-24-55/h5-53H,1-4H3. The highest BCUT2D eigenvalue weighted by Gasteiger charge is 2.43. The lowest BCUT2D eigenvalue weighted by atomic mass is 9.81. The van der Waals surface area contributed by atoms with Crippen molar-refractivity contribution >= 4 is 129 Å². The highest BCUT2D eigenvalue weighted by atomic mass is 32.1. The molecule has 0 unspecified atom stereocenters. The highest BCUT2D eigenvalue weighted by Crippen LogP contribution is 2.59. The van der Waals surface area contributed by atoms with Crippen LogP contribution in [0.4, 0.5) is 0 Å². The van der Waals surface area contributed by atoms with Gasteiger partial charge >= 0.3 is 0 Å². The van der Waals surface area contributed by atoms with E-state index in [4.69, 9.17) is 24.4 Å². The minimum absolute atomic E-state index is 0.265. The van der Waals surface area contributed by atoms with Crippen LogP contribution in [-0.2, 0) is 10.8 Å². The van der Waals surface area contributed by atoms with E-state index in [9.17, 15) is 0 Å². The molecule has 0 saturated carbocycles. The molecule has 2 aliphatic carbocycles. The maximum absolute atomic E-state index is 7.37. The zero-order valence-electron chi connectivity index (χ0n) is 58.1. The summed E-state index contributed by atoms with van der Waals surface area (Å²) < 4.78 is 19.8. The van der Waals surface area contributed by atoms with Gasteiger partial charge in [-0.15, -0.1) is 22.7 Å². The van der Waals surface area contributed by atoms with E-state index in [0.717, 1.165) is 116 Å². The molecule has 8 aromatic heterocycles. The van der Waals surface area contributed by atoms with Crippen molar-refractivity contribution in [2.45, 2.75) is 38.5 Å². The van der Waals surface area contributed by atoms with E-state index in [-0.39, 0.29) is 10.8 Å². The lowest BCUT2D eigenvalue weighted by Gasteiger charge is -2.21. The first kappa shape index (κ1) is 59.6. The van der Waals surface area contributed by atoms with Crippen molar-refractivity contribution in [2.24, 2.45) is 0 Å². The predicted octanol–water partition coefficient (Wildman–Crippen LogP) is 25.8. The second kappa shape index (κ2) is 21.9. The minimum Gasteiger partial charge on any atom is -0.452 e. The fourth-order valence-corrected chi connectivity index (χ4v) is 20.7. The molecular weight excluding hydrogens is 1330 g/mol. The van der Waals surface area contributed by atoms with Gasteiger partial charge in [-0.3, -0.25) is 0 Å². The number of hydrogen-bond donors (Lipinski definition) is 0. The number of fused-ring (bicyclic) bond motifs is 24. The lowest BCUT2D eigenvalue weighted by molar-refractivity contribution is 0.666. The van der Waals surface area contributed by atoms with Crippen LogP contribution >= 0.6 is 22.7 Å². The smallest absolute Gasteiger partial charge is 0.160 e. The Morgan fingerprint density at radius 2 is 0.755 bits per heavy atom. The molecule has 10 heteroatoms. The number of aromatic nitrogens is 7. The van der Waals surface area contributed by atoms with Gasteiger partial charge in [0.25, 0.3) is 0 Å². The van der Waals surface area contributed by atoms with Crippen LogP contribution in [0.2, 0.25) is 0 Å². The van der Waals surface area contributed by atoms with Crippen LogP contribution in [-0.4, -0.2) is 33.6 Å². The number of thiophene rings is 2. The third-order valence-electron chi connectivity index (χ3n) is 23.0. The van der Waals surface area contributed by atoms with Crippen LogP contribution < -0.4 is 0 Å². The zero-order chi connectivity index (χ0) is 70.0. The molecule has 498 valence electrons. The molecule has 23 rings (SSSR count). The van der Waals surface area contributed by atoms with Crippen molar-refractivity contribution in [2.75, 3.05) is 0 Å². The quantitative estimate of drug-likeness (QED) is 0.151. The third-order valence-corrected chi connectivity index (χ3v) is 25.4. The van der Waals surface area contributed by atoms with Crippen LogP contribution in [0.15, 0.2) is 302 Å². The molecule has 0 N–H and O–H groups in total. The largest absolute Gasteiger partial charge is 0.452 e. The van der Waals surface area contributed by atoms with Crippen molar-refractivity contribution in [3.05, 3.63) is 320 Å². The summed E-state index contributed by atoms with van der Waals surface area (Å²) >= 11 is 3.69. The van der Waals surface area contributed by atoms with E-state index >= 15 is 0 Å². The maximum atomic E-state index is 7.37. The van der Waals surface area contributed by atoms with E-state index in [1.54, 1.807) is 11.3 Å². The average Bonchev–Trinajstić information content (AvgIpc) is 1.52. The molecule has 2 aliphatic rings. The van der Waals surface area contributed by atoms with Gasteiger partial charge < -0.3 is 18.1 Å². The Labute approximate surface area is 616 Å². The molecule has 0 fully saturated rings. The van der Waals surface area contributed by atoms with E-state index in [2.05, 4.69) is 333 Å². The SMILES string of the molecule is CC1(C)c2ccccc2-c2c1c1ccc3c(oc4c5ccc(-c6ccc(-c7nc(-c8cccc(-n9c%10c(c%11ccc%12c%13sc%14ccccc%14c%13n(-c%13ccccc%13)c%12c%119)C(C)(C)c9ccccc9-%10)c8)nc8ccccc78)cc6)cc5sc34)c1n2-c1cccc(-c2nc(-c3ccccc3)c3ccccc3n2)c1. The first-order valence-corrected chi connectivity index (χ1v) is 37.9. The second-order valence-corrected chi connectivity index (χ2v) is 31.7. The van der Waals surface area contributed by atoms with E-state index in [1.165, 1.54) is 97.0 Å². The summed E-state index contributed by atoms with van der Waals surface area (Å²) in [4.78, 5) is 21.5. The highest BCUT2D eigenvalue weighted by molar-refractivity contribution is 7.27. The first-order chi connectivity index (χ1) is 52.1. The van der Waals surface area contributed by atoms with Crippen LogP contribution in [0.5, 0.6) is 0 Å². The predicted molar refractivity (Wildman–Crippen MR) is 441 cm³/mol. The molecule has 106 heavy (non-hydrogen) atoms. The molecule has 21 aromatic rings. The number of para-hydroxylation sites is 3. The van der Waals surface area contributed by atoms with Gasteiger partial charge in [0.15, 0.2) is 22.8 Å². The molecule has 8 heterocycles. The maximum Gasteiger partial charge on any atom is 0.160 e. The molecule has 0 atom stereocenters. The van der Waals surface area contributed by atoms with Crippen LogP contribution in [0.3, 0.4) is 0 Å². The molecule has 0 bridgehead atoms. The average molecular weight is 1390 g/mol. The van der Waals surface area contributed by atoms with Gasteiger partial charge in [-0.1, -0.05) is 252 Å². The molecule has 0 aliphatic heterocycles. The van der Waals surface area contributed by atoms with Gasteiger partial charge in [-0.2, -0.15) is 0 Å². The molecular formula is C96H61N7OS2. The summed E-state index contributed by atoms with van der Waals surface area (Å²) in [5.41, 5.74) is 29.2. The zero-order valence-corrected chi connectivity index (χ0v) is 59.8. The van der Waals surface area contributed by atoms with E-state index < -0.39 is 0 Å². The number of rotatable bonds is 8. The second-order valence-electron chi connectivity index (χ2n) is 29.5. The lowest BCUT2D eigenvalue weighted by Crippen LogP contribution is -2.14. The van der Waals surface area contributed by atoms with E-state index in [1.807, 2.05) is 17.4 Å². The Morgan fingerprint density at radius 3 is 1.40 bits per heavy atom. The fraction of sp³-hybridized carbons (Fsp3) is 0.0625. The van der Waals surface area contributed by atoms with Crippen molar-refractivity contribution in [3.8, 4) is 96.0 Å². The number of benzene rings is 13. The molecule has 0 amide bonds. The normalized spacial score (nSPS) is 13.6. The fourth-order valence-electron chi connectivity index (χ4n) is 18.3. The van der Waals surface area contributed by atoms with Gasteiger partial charge in [0.2, 0.25) is 0 Å². The summed E-state index contributed by atoms with van der Waals surface area (Å²) in [6.45, 7) is 9.52. The summed E-state index contributed by atoms with van der Waals surface area (Å²) in [5.74, 6) is 1.35. The van der Waals surface area contributed by atoms with Gasteiger partial charge in [0, 0.05) is 114 Å². The third kappa shape index (κ3) is 8.28. The molecule has 0 saturated heterocycles.